The second-order valence-electron chi connectivity index (χ2n) is 5.52. The first-order valence-corrected chi connectivity index (χ1v) is 6.97. The molecule has 0 saturated heterocycles. The van der Waals surface area contributed by atoms with Crippen molar-refractivity contribution in [1.82, 2.24) is 14.7 Å². The number of carbonyl (C=O) groups excluding carboxylic acids is 1. The predicted molar refractivity (Wildman–Crippen MR) is 74.1 cm³/mol. The van der Waals surface area contributed by atoms with Crippen molar-refractivity contribution in [2.75, 3.05) is 0 Å². The summed E-state index contributed by atoms with van der Waals surface area (Å²) in [6.07, 6.45) is 8.27. The Morgan fingerprint density at radius 1 is 1.32 bits per heavy atom. The van der Waals surface area contributed by atoms with Crippen LogP contribution in [0.4, 0.5) is 0 Å². The lowest BCUT2D eigenvalue weighted by atomic mass is 9.87. The Balaban J connectivity index is 1.70. The molecule has 0 aromatic carbocycles. The molecule has 4 nitrogen and oxygen atoms in total. The number of hydrogen-bond donors (Lipinski definition) is 1. The van der Waals surface area contributed by atoms with Crippen LogP contribution in [0.25, 0.3) is 5.65 Å². The third-order valence-corrected chi connectivity index (χ3v) is 3.95. The first-order chi connectivity index (χ1) is 9.22. The summed E-state index contributed by atoms with van der Waals surface area (Å²) in [6, 6.07) is 6.07. The van der Waals surface area contributed by atoms with E-state index in [4.69, 9.17) is 0 Å². The van der Waals surface area contributed by atoms with Gasteiger partial charge in [-0.15, -0.1) is 0 Å². The first kappa shape index (κ1) is 12.2. The summed E-state index contributed by atoms with van der Waals surface area (Å²) < 4.78 is 1.87. The zero-order chi connectivity index (χ0) is 13.2. The van der Waals surface area contributed by atoms with Crippen LogP contribution in [0.1, 0.15) is 43.1 Å². The minimum Gasteiger partial charge on any atom is -0.348 e. The molecule has 0 radical (unpaired) electrons. The summed E-state index contributed by atoms with van der Waals surface area (Å²) >= 11 is 0. The molecule has 0 atom stereocenters. The number of nitrogens with zero attached hydrogens (tertiary/aromatic N) is 2. The molecule has 1 fully saturated rings. The average Bonchev–Trinajstić information content (AvgIpc) is 2.85. The Labute approximate surface area is 112 Å². The molecule has 0 spiro atoms. The van der Waals surface area contributed by atoms with Crippen molar-refractivity contribution in [3.05, 3.63) is 36.3 Å². The zero-order valence-electron chi connectivity index (χ0n) is 11.2. The normalized spacial score (nSPS) is 23.4. The summed E-state index contributed by atoms with van der Waals surface area (Å²) in [6.45, 7) is 2.28. The van der Waals surface area contributed by atoms with Crippen molar-refractivity contribution in [2.45, 2.75) is 38.6 Å². The lowest BCUT2D eigenvalue weighted by molar-refractivity contribution is 0.0918. The average molecular weight is 257 g/mol. The van der Waals surface area contributed by atoms with Gasteiger partial charge in [-0.25, -0.2) is 4.98 Å². The van der Waals surface area contributed by atoms with E-state index in [0.29, 0.717) is 11.7 Å². The van der Waals surface area contributed by atoms with Crippen LogP contribution in [0.2, 0.25) is 0 Å². The smallest absolute Gasteiger partial charge is 0.271 e. The van der Waals surface area contributed by atoms with Gasteiger partial charge in [0.15, 0.2) is 0 Å². The van der Waals surface area contributed by atoms with Crippen LogP contribution in [-0.4, -0.2) is 21.3 Å². The van der Waals surface area contributed by atoms with Crippen LogP contribution in [-0.2, 0) is 0 Å². The van der Waals surface area contributed by atoms with E-state index in [2.05, 4.69) is 17.2 Å². The highest BCUT2D eigenvalue weighted by Crippen LogP contribution is 2.23. The summed E-state index contributed by atoms with van der Waals surface area (Å²) in [7, 11) is 0. The molecule has 1 N–H and O–H groups in total. The van der Waals surface area contributed by atoms with Gasteiger partial charge in [0.05, 0.1) is 0 Å². The summed E-state index contributed by atoms with van der Waals surface area (Å²) in [5.74, 6) is 0.742. The molecular formula is C15H19N3O. The second kappa shape index (κ2) is 5.03. The van der Waals surface area contributed by atoms with Gasteiger partial charge in [0.2, 0.25) is 0 Å². The van der Waals surface area contributed by atoms with Crippen LogP contribution < -0.4 is 5.32 Å². The summed E-state index contributed by atoms with van der Waals surface area (Å²) in [5, 5.41) is 3.10. The van der Waals surface area contributed by atoms with E-state index in [1.165, 1.54) is 12.8 Å². The van der Waals surface area contributed by atoms with Gasteiger partial charge in [-0.05, 0) is 43.7 Å². The largest absolute Gasteiger partial charge is 0.348 e. The van der Waals surface area contributed by atoms with E-state index >= 15 is 0 Å². The topological polar surface area (TPSA) is 46.4 Å². The van der Waals surface area contributed by atoms with E-state index in [0.717, 1.165) is 24.4 Å². The molecule has 1 aliphatic carbocycles. The SMILES string of the molecule is CC1CCC(NC(=O)c2cn3ccccc3n2)CC1. The van der Waals surface area contributed by atoms with Crippen molar-refractivity contribution in [2.24, 2.45) is 5.92 Å². The molecule has 0 bridgehead atoms. The fraction of sp³-hybridized carbons (Fsp3) is 0.467. The Morgan fingerprint density at radius 3 is 2.84 bits per heavy atom. The molecule has 2 aromatic rings. The van der Waals surface area contributed by atoms with Crippen molar-refractivity contribution in [3.63, 3.8) is 0 Å². The third kappa shape index (κ3) is 2.62. The van der Waals surface area contributed by atoms with Gasteiger partial charge in [-0.1, -0.05) is 13.0 Å². The zero-order valence-corrected chi connectivity index (χ0v) is 11.2. The number of rotatable bonds is 2. The van der Waals surface area contributed by atoms with Gasteiger partial charge in [0, 0.05) is 18.4 Å². The van der Waals surface area contributed by atoms with Crippen LogP contribution in [0.5, 0.6) is 0 Å². The maximum Gasteiger partial charge on any atom is 0.271 e. The molecule has 3 rings (SSSR count). The van der Waals surface area contributed by atoms with E-state index in [1.54, 1.807) is 6.20 Å². The van der Waals surface area contributed by atoms with Crippen molar-refractivity contribution >= 4 is 11.6 Å². The molecule has 100 valence electrons. The number of hydrogen-bond acceptors (Lipinski definition) is 2. The highest BCUT2D eigenvalue weighted by atomic mass is 16.2. The Morgan fingerprint density at radius 2 is 2.11 bits per heavy atom. The molecule has 1 aliphatic rings. The molecule has 1 amide bonds. The van der Waals surface area contributed by atoms with Gasteiger partial charge in [-0.3, -0.25) is 4.79 Å². The lowest BCUT2D eigenvalue weighted by Crippen LogP contribution is -2.37. The molecule has 2 aromatic heterocycles. The molecule has 2 heterocycles. The fourth-order valence-electron chi connectivity index (χ4n) is 2.71. The Bertz CT molecular complexity index is 549. The number of carbonyl (C=O) groups is 1. The first-order valence-electron chi connectivity index (χ1n) is 6.97. The number of imidazole rings is 1. The second-order valence-corrected chi connectivity index (χ2v) is 5.52. The number of fused-ring (bicyclic) bond motifs is 1. The van der Waals surface area contributed by atoms with Gasteiger partial charge in [0.1, 0.15) is 11.3 Å². The molecule has 0 aliphatic heterocycles. The van der Waals surface area contributed by atoms with Crippen LogP contribution in [0.3, 0.4) is 0 Å². The molecule has 19 heavy (non-hydrogen) atoms. The van der Waals surface area contributed by atoms with Gasteiger partial charge < -0.3 is 9.72 Å². The number of pyridine rings is 1. The van der Waals surface area contributed by atoms with Crippen LogP contribution in [0, 0.1) is 5.92 Å². The number of amides is 1. The summed E-state index contributed by atoms with van der Waals surface area (Å²) in [5.41, 5.74) is 1.31. The third-order valence-electron chi connectivity index (χ3n) is 3.95. The van der Waals surface area contributed by atoms with Crippen molar-refractivity contribution in [3.8, 4) is 0 Å². The van der Waals surface area contributed by atoms with Crippen LogP contribution in [0.15, 0.2) is 30.6 Å². The maximum absolute atomic E-state index is 12.2. The highest BCUT2D eigenvalue weighted by molar-refractivity contribution is 5.93. The molecule has 1 saturated carbocycles. The van der Waals surface area contributed by atoms with Gasteiger partial charge in [0.25, 0.3) is 5.91 Å². The number of aromatic nitrogens is 2. The molecular weight excluding hydrogens is 238 g/mol. The predicted octanol–water partition coefficient (Wildman–Crippen LogP) is 2.64. The van der Waals surface area contributed by atoms with Crippen molar-refractivity contribution < 1.29 is 4.79 Å². The monoisotopic (exact) mass is 257 g/mol. The number of nitrogens with one attached hydrogen (secondary N) is 1. The van der Waals surface area contributed by atoms with Gasteiger partial charge in [-0.2, -0.15) is 0 Å². The van der Waals surface area contributed by atoms with Crippen molar-refractivity contribution in [1.29, 1.82) is 0 Å². The van der Waals surface area contributed by atoms with Gasteiger partial charge >= 0.3 is 0 Å². The highest BCUT2D eigenvalue weighted by Gasteiger charge is 2.21. The lowest BCUT2D eigenvalue weighted by Gasteiger charge is -2.26. The Hall–Kier alpha value is -1.84. The maximum atomic E-state index is 12.2. The molecule has 0 unspecified atom stereocenters. The minimum absolute atomic E-state index is 0.0525. The minimum atomic E-state index is -0.0525. The van der Waals surface area contributed by atoms with Crippen LogP contribution >= 0.6 is 0 Å². The van der Waals surface area contributed by atoms with E-state index in [9.17, 15) is 4.79 Å². The fourth-order valence-corrected chi connectivity index (χ4v) is 2.71. The Kier molecular flexibility index (Phi) is 3.23. The van der Waals surface area contributed by atoms with E-state index in [1.807, 2.05) is 28.8 Å². The standard InChI is InChI=1S/C15H19N3O/c1-11-5-7-12(8-6-11)16-15(19)13-10-18-9-3-2-4-14(18)17-13/h2-4,9-12H,5-8H2,1H3,(H,16,19). The molecule has 4 heteroatoms. The summed E-state index contributed by atoms with van der Waals surface area (Å²) in [4.78, 5) is 16.5. The van der Waals surface area contributed by atoms with E-state index in [-0.39, 0.29) is 5.91 Å². The quantitative estimate of drug-likeness (QED) is 0.899. The van der Waals surface area contributed by atoms with E-state index < -0.39 is 0 Å².